The Kier molecular flexibility index (Phi) is 5.20. The minimum Gasteiger partial charge on any atom is -0.507 e. The van der Waals surface area contributed by atoms with Crippen molar-refractivity contribution in [2.45, 2.75) is 37.8 Å². The van der Waals surface area contributed by atoms with Crippen molar-refractivity contribution in [3.8, 4) is 17.1 Å². The number of ether oxygens (including phenoxy) is 1. The molecule has 1 aromatic carbocycles. The third-order valence-corrected chi connectivity index (χ3v) is 5.17. The van der Waals surface area contributed by atoms with E-state index >= 15 is 0 Å². The van der Waals surface area contributed by atoms with Crippen LogP contribution in [-0.4, -0.2) is 52.8 Å². The molecule has 2 saturated heterocycles. The second-order valence-electron chi connectivity index (χ2n) is 7.03. The second kappa shape index (κ2) is 7.92. The third-order valence-electron chi connectivity index (χ3n) is 5.17. The maximum absolute atomic E-state index is 12.2. The van der Waals surface area contributed by atoms with Gasteiger partial charge < -0.3 is 20.1 Å². The summed E-state index contributed by atoms with van der Waals surface area (Å²) in [7, 11) is 0. The molecular weight excluding hydrogens is 344 g/mol. The number of aromatic hydroxyl groups is 1. The number of para-hydroxylation sites is 1. The van der Waals surface area contributed by atoms with Gasteiger partial charge in [-0.3, -0.25) is 4.79 Å². The Morgan fingerprint density at radius 1 is 1.19 bits per heavy atom. The number of nitrogens with zero attached hydrogens (tertiary/aromatic N) is 3. The number of rotatable bonds is 4. The van der Waals surface area contributed by atoms with E-state index in [9.17, 15) is 9.90 Å². The SMILES string of the molecule is O=C(NC1CCN(c2ccnc(-c3ccccc3O)n2)CC1)[C@@H]1CCCO1. The van der Waals surface area contributed by atoms with Crippen LogP contribution in [0.25, 0.3) is 11.4 Å². The van der Waals surface area contributed by atoms with Gasteiger partial charge in [-0.1, -0.05) is 12.1 Å². The van der Waals surface area contributed by atoms with Crippen molar-refractivity contribution in [2.24, 2.45) is 0 Å². The molecule has 1 aromatic heterocycles. The standard InChI is InChI=1S/C20H24N4O3/c25-16-5-2-1-4-15(16)19-21-10-7-18(23-19)24-11-8-14(9-12-24)22-20(26)17-6-3-13-27-17/h1-2,4-5,7,10,14,17,25H,3,6,8-9,11-13H2,(H,22,26)/t17-/m0/s1. The van der Waals surface area contributed by atoms with Crippen molar-refractivity contribution in [3.05, 3.63) is 36.5 Å². The minimum atomic E-state index is -0.272. The van der Waals surface area contributed by atoms with Crippen molar-refractivity contribution < 1.29 is 14.6 Å². The number of anilines is 1. The second-order valence-corrected chi connectivity index (χ2v) is 7.03. The molecule has 1 atom stereocenters. The summed E-state index contributed by atoms with van der Waals surface area (Å²) in [6.07, 6.45) is 4.97. The third kappa shape index (κ3) is 4.03. The summed E-state index contributed by atoms with van der Waals surface area (Å²) >= 11 is 0. The molecule has 2 aliphatic heterocycles. The Morgan fingerprint density at radius 3 is 2.74 bits per heavy atom. The molecule has 1 amide bonds. The molecule has 2 aliphatic rings. The fourth-order valence-corrected chi connectivity index (χ4v) is 3.65. The van der Waals surface area contributed by atoms with Gasteiger partial charge in [-0.2, -0.15) is 0 Å². The normalized spacial score (nSPS) is 20.6. The Labute approximate surface area is 158 Å². The number of hydrogen-bond acceptors (Lipinski definition) is 6. The maximum atomic E-state index is 12.2. The van der Waals surface area contributed by atoms with Gasteiger partial charge in [0, 0.05) is 31.9 Å². The van der Waals surface area contributed by atoms with Crippen LogP contribution in [-0.2, 0) is 9.53 Å². The molecule has 0 aliphatic carbocycles. The molecule has 2 fully saturated rings. The molecule has 0 spiro atoms. The van der Waals surface area contributed by atoms with Crippen molar-refractivity contribution in [1.82, 2.24) is 15.3 Å². The number of phenols is 1. The van der Waals surface area contributed by atoms with Gasteiger partial charge in [-0.25, -0.2) is 9.97 Å². The molecule has 142 valence electrons. The number of nitrogens with one attached hydrogen (secondary N) is 1. The number of phenolic OH excluding ortho intramolecular Hbond substituents is 1. The van der Waals surface area contributed by atoms with Crippen molar-refractivity contribution in [1.29, 1.82) is 0 Å². The van der Waals surface area contributed by atoms with E-state index in [1.54, 1.807) is 24.4 Å². The molecule has 0 unspecified atom stereocenters. The van der Waals surface area contributed by atoms with Crippen LogP contribution in [0.4, 0.5) is 5.82 Å². The number of amides is 1. The van der Waals surface area contributed by atoms with E-state index in [1.165, 1.54) is 0 Å². The average Bonchev–Trinajstić information content (AvgIpc) is 3.24. The Hall–Kier alpha value is -2.67. The first-order chi connectivity index (χ1) is 13.2. The zero-order chi connectivity index (χ0) is 18.6. The summed E-state index contributed by atoms with van der Waals surface area (Å²) in [6.45, 7) is 2.31. The first-order valence-corrected chi connectivity index (χ1v) is 9.49. The molecule has 7 heteroatoms. The first kappa shape index (κ1) is 17.7. The number of piperidine rings is 1. The van der Waals surface area contributed by atoms with Crippen LogP contribution >= 0.6 is 0 Å². The topological polar surface area (TPSA) is 87.6 Å². The molecule has 0 bridgehead atoms. The fraction of sp³-hybridized carbons (Fsp3) is 0.450. The predicted octanol–water partition coefficient (Wildman–Crippen LogP) is 2.11. The van der Waals surface area contributed by atoms with E-state index in [2.05, 4.69) is 20.2 Å². The van der Waals surface area contributed by atoms with Crippen LogP contribution in [0.2, 0.25) is 0 Å². The Balaban J connectivity index is 1.38. The van der Waals surface area contributed by atoms with Gasteiger partial charge in [0.05, 0.1) is 5.56 Å². The van der Waals surface area contributed by atoms with Gasteiger partial charge >= 0.3 is 0 Å². The molecule has 2 N–H and O–H groups in total. The molecule has 0 saturated carbocycles. The Bertz CT molecular complexity index is 799. The van der Waals surface area contributed by atoms with Gasteiger partial charge in [0.2, 0.25) is 5.91 Å². The summed E-state index contributed by atoms with van der Waals surface area (Å²) in [6, 6.07) is 9.13. The first-order valence-electron chi connectivity index (χ1n) is 9.49. The highest BCUT2D eigenvalue weighted by atomic mass is 16.5. The summed E-state index contributed by atoms with van der Waals surface area (Å²) in [5.74, 6) is 1.55. The van der Waals surface area contributed by atoms with Gasteiger partial charge in [-0.15, -0.1) is 0 Å². The van der Waals surface area contributed by atoms with E-state index in [1.807, 2.05) is 12.1 Å². The molecule has 27 heavy (non-hydrogen) atoms. The largest absolute Gasteiger partial charge is 0.507 e. The number of hydrogen-bond donors (Lipinski definition) is 2. The molecule has 2 aromatic rings. The summed E-state index contributed by atoms with van der Waals surface area (Å²) in [5.41, 5.74) is 0.623. The molecular formula is C20H24N4O3. The van der Waals surface area contributed by atoms with Crippen LogP contribution in [0, 0.1) is 0 Å². The van der Waals surface area contributed by atoms with Gasteiger partial charge in [0.25, 0.3) is 0 Å². The highest BCUT2D eigenvalue weighted by Gasteiger charge is 2.27. The predicted molar refractivity (Wildman–Crippen MR) is 101 cm³/mol. The molecule has 0 radical (unpaired) electrons. The quantitative estimate of drug-likeness (QED) is 0.859. The van der Waals surface area contributed by atoms with E-state index < -0.39 is 0 Å². The van der Waals surface area contributed by atoms with E-state index in [0.29, 0.717) is 18.0 Å². The molecule has 4 rings (SSSR count). The van der Waals surface area contributed by atoms with E-state index in [0.717, 1.165) is 44.6 Å². The number of aromatic nitrogens is 2. The van der Waals surface area contributed by atoms with E-state index in [-0.39, 0.29) is 23.8 Å². The van der Waals surface area contributed by atoms with Crippen LogP contribution < -0.4 is 10.2 Å². The van der Waals surface area contributed by atoms with Gasteiger partial charge in [0.1, 0.15) is 17.7 Å². The monoisotopic (exact) mass is 368 g/mol. The number of carbonyl (C=O) groups is 1. The zero-order valence-corrected chi connectivity index (χ0v) is 15.2. The maximum Gasteiger partial charge on any atom is 0.249 e. The lowest BCUT2D eigenvalue weighted by Crippen LogP contribution is -2.47. The van der Waals surface area contributed by atoms with Crippen LogP contribution in [0.15, 0.2) is 36.5 Å². The van der Waals surface area contributed by atoms with Crippen molar-refractivity contribution in [2.75, 3.05) is 24.6 Å². The zero-order valence-electron chi connectivity index (χ0n) is 15.2. The van der Waals surface area contributed by atoms with Gasteiger partial charge in [-0.05, 0) is 43.9 Å². The highest BCUT2D eigenvalue weighted by molar-refractivity contribution is 5.81. The molecule has 3 heterocycles. The summed E-state index contributed by atoms with van der Waals surface area (Å²) in [4.78, 5) is 23.3. The summed E-state index contributed by atoms with van der Waals surface area (Å²) in [5, 5.41) is 13.2. The fourth-order valence-electron chi connectivity index (χ4n) is 3.65. The lowest BCUT2D eigenvalue weighted by molar-refractivity contribution is -0.130. The lowest BCUT2D eigenvalue weighted by Gasteiger charge is -2.33. The average molecular weight is 368 g/mol. The lowest BCUT2D eigenvalue weighted by atomic mass is 10.0. The minimum absolute atomic E-state index is 0.0230. The highest BCUT2D eigenvalue weighted by Crippen LogP contribution is 2.27. The van der Waals surface area contributed by atoms with Gasteiger partial charge in [0.15, 0.2) is 5.82 Å². The molecule has 7 nitrogen and oxygen atoms in total. The van der Waals surface area contributed by atoms with Crippen LogP contribution in [0.5, 0.6) is 5.75 Å². The van der Waals surface area contributed by atoms with E-state index in [4.69, 9.17) is 4.74 Å². The van der Waals surface area contributed by atoms with Crippen LogP contribution in [0.1, 0.15) is 25.7 Å². The smallest absolute Gasteiger partial charge is 0.249 e. The summed E-state index contributed by atoms with van der Waals surface area (Å²) < 4.78 is 5.45. The number of carbonyl (C=O) groups excluding carboxylic acids is 1. The van der Waals surface area contributed by atoms with Crippen molar-refractivity contribution in [3.63, 3.8) is 0 Å². The van der Waals surface area contributed by atoms with Crippen LogP contribution in [0.3, 0.4) is 0 Å². The number of benzene rings is 1. The van der Waals surface area contributed by atoms with Crippen molar-refractivity contribution >= 4 is 11.7 Å². The Morgan fingerprint density at radius 2 is 2.00 bits per heavy atom.